The van der Waals surface area contributed by atoms with Crippen molar-refractivity contribution < 1.29 is 16.8 Å². The van der Waals surface area contributed by atoms with Crippen LogP contribution in [-0.2, 0) is 33.2 Å². The number of halogens is 1. The van der Waals surface area contributed by atoms with Gasteiger partial charge in [0.05, 0.1) is 4.90 Å². The van der Waals surface area contributed by atoms with E-state index in [2.05, 4.69) is 4.90 Å². The fourth-order valence-corrected chi connectivity index (χ4v) is 10.8. The van der Waals surface area contributed by atoms with E-state index in [0.29, 0.717) is 50.0 Å². The molecule has 256 valence electrons. The molecule has 9 nitrogen and oxygen atoms in total. The van der Waals surface area contributed by atoms with Crippen molar-refractivity contribution in [3.8, 4) is 0 Å². The standard InChI is InChI=1S/C34H52ClN5O4S2/c1-28-17-23-38(45(41,42)34-15-13-33(14-16-34)36(2)3)21-7-19-37(26-29-9-5-4-6-10-29)20-8-22-40(28)46(43,44)39-24-18-30-25-32(35)12-11-31(30)27-39/h11-16,25,28-29H,4-10,17-24,26-27H2,1-3H3/t28-/m0/s1. The van der Waals surface area contributed by atoms with Crippen LogP contribution < -0.4 is 4.90 Å². The monoisotopic (exact) mass is 693 g/mol. The number of hydrogen-bond donors (Lipinski definition) is 0. The normalized spacial score (nSPS) is 22.9. The Labute approximate surface area is 282 Å². The Morgan fingerprint density at radius 2 is 1.46 bits per heavy atom. The SMILES string of the molecule is C[C@H]1CCN(S(=O)(=O)c2ccc(N(C)C)cc2)CCCN(CC2CCCCC2)CCCN1S(=O)(=O)N1CCc2cc(Cl)ccc2C1. The fourth-order valence-electron chi connectivity index (χ4n) is 7.25. The summed E-state index contributed by atoms with van der Waals surface area (Å²) in [5.74, 6) is 0.650. The molecule has 1 aliphatic carbocycles. The number of anilines is 1. The highest BCUT2D eigenvalue weighted by atomic mass is 35.5. The van der Waals surface area contributed by atoms with E-state index in [0.717, 1.165) is 49.3 Å². The molecule has 5 rings (SSSR count). The van der Waals surface area contributed by atoms with Crippen LogP contribution in [0.4, 0.5) is 5.69 Å². The van der Waals surface area contributed by atoms with E-state index in [1.807, 2.05) is 56.3 Å². The molecule has 0 unspecified atom stereocenters. The number of sulfonamides is 1. The van der Waals surface area contributed by atoms with Gasteiger partial charge in [0.2, 0.25) is 10.0 Å². The maximum atomic E-state index is 14.3. The zero-order valence-corrected chi connectivity index (χ0v) is 30.2. The quantitative estimate of drug-likeness (QED) is 0.383. The highest BCUT2D eigenvalue weighted by molar-refractivity contribution is 7.89. The van der Waals surface area contributed by atoms with Crippen molar-refractivity contribution >= 4 is 37.5 Å². The molecular formula is C34H52ClN5O4S2. The van der Waals surface area contributed by atoms with Gasteiger partial charge >= 0.3 is 0 Å². The van der Waals surface area contributed by atoms with Crippen molar-refractivity contribution in [2.45, 2.75) is 82.2 Å². The molecule has 2 aliphatic heterocycles. The number of fused-ring (bicyclic) bond motifs is 1. The lowest BCUT2D eigenvalue weighted by Gasteiger charge is -2.38. The van der Waals surface area contributed by atoms with Crippen molar-refractivity contribution in [3.63, 3.8) is 0 Å². The molecule has 0 amide bonds. The van der Waals surface area contributed by atoms with E-state index < -0.39 is 20.2 Å². The highest BCUT2D eigenvalue weighted by Crippen LogP contribution is 2.29. The van der Waals surface area contributed by atoms with Crippen LogP contribution in [0.25, 0.3) is 0 Å². The molecule has 0 bridgehead atoms. The summed E-state index contributed by atoms with van der Waals surface area (Å²) < 4.78 is 61.4. The minimum atomic E-state index is -3.80. The Kier molecular flexibility index (Phi) is 12.1. The first-order valence-corrected chi connectivity index (χ1v) is 20.2. The smallest absolute Gasteiger partial charge is 0.282 e. The second-order valence-corrected chi connectivity index (χ2v) is 17.8. The molecule has 1 saturated carbocycles. The summed E-state index contributed by atoms with van der Waals surface area (Å²) >= 11 is 6.21. The minimum absolute atomic E-state index is 0.259. The second-order valence-electron chi connectivity index (χ2n) is 13.6. The highest BCUT2D eigenvalue weighted by Gasteiger charge is 2.36. The second kappa shape index (κ2) is 15.7. The summed E-state index contributed by atoms with van der Waals surface area (Å²) in [7, 11) is -3.70. The lowest BCUT2D eigenvalue weighted by atomic mass is 9.89. The molecule has 3 aliphatic rings. The summed E-state index contributed by atoms with van der Waals surface area (Å²) in [6.45, 7) is 6.31. The topological polar surface area (TPSA) is 84.5 Å². The Balaban J connectivity index is 1.38. The first-order chi connectivity index (χ1) is 21.9. The van der Waals surface area contributed by atoms with Crippen LogP contribution in [0, 0.1) is 5.92 Å². The van der Waals surface area contributed by atoms with Gasteiger partial charge in [-0.2, -0.15) is 21.3 Å². The summed E-state index contributed by atoms with van der Waals surface area (Å²) in [6, 6.07) is 12.3. The molecule has 2 fully saturated rings. The predicted octanol–water partition coefficient (Wildman–Crippen LogP) is 5.46. The van der Waals surface area contributed by atoms with Crippen molar-refractivity contribution in [1.82, 2.24) is 17.8 Å². The largest absolute Gasteiger partial charge is 0.378 e. The summed E-state index contributed by atoms with van der Waals surface area (Å²) in [5.41, 5.74) is 3.01. The molecule has 0 N–H and O–H groups in total. The van der Waals surface area contributed by atoms with Crippen LogP contribution >= 0.6 is 11.6 Å². The molecule has 0 radical (unpaired) electrons. The average Bonchev–Trinajstić information content (AvgIpc) is 3.03. The molecule has 2 aromatic carbocycles. The maximum absolute atomic E-state index is 14.3. The van der Waals surface area contributed by atoms with Gasteiger partial charge in [-0.3, -0.25) is 0 Å². The Hall–Kier alpha value is -1.73. The number of benzene rings is 2. The zero-order valence-electron chi connectivity index (χ0n) is 27.8. The average molecular weight is 694 g/mol. The van der Waals surface area contributed by atoms with Gasteiger partial charge in [-0.25, -0.2) is 8.42 Å². The fraction of sp³-hybridized carbons (Fsp3) is 0.647. The van der Waals surface area contributed by atoms with Crippen LogP contribution in [0.1, 0.15) is 69.4 Å². The Morgan fingerprint density at radius 1 is 0.761 bits per heavy atom. The third kappa shape index (κ3) is 8.64. The Morgan fingerprint density at radius 3 is 2.15 bits per heavy atom. The molecule has 1 atom stereocenters. The van der Waals surface area contributed by atoms with Crippen molar-refractivity contribution in [2.75, 3.05) is 64.8 Å². The van der Waals surface area contributed by atoms with E-state index in [9.17, 15) is 16.8 Å². The van der Waals surface area contributed by atoms with Crippen LogP contribution in [0.5, 0.6) is 0 Å². The lowest BCUT2D eigenvalue weighted by Crippen LogP contribution is -2.51. The molecule has 0 aromatic heterocycles. The van der Waals surface area contributed by atoms with Gasteiger partial charge in [-0.1, -0.05) is 36.9 Å². The molecule has 2 heterocycles. The van der Waals surface area contributed by atoms with Gasteiger partial charge in [0.1, 0.15) is 0 Å². The first-order valence-electron chi connectivity index (χ1n) is 17.0. The van der Waals surface area contributed by atoms with E-state index >= 15 is 0 Å². The van der Waals surface area contributed by atoms with Gasteiger partial charge in [0.15, 0.2) is 0 Å². The molecular weight excluding hydrogens is 642 g/mol. The van der Waals surface area contributed by atoms with Crippen molar-refractivity contribution in [2.24, 2.45) is 5.92 Å². The van der Waals surface area contributed by atoms with Gasteiger partial charge < -0.3 is 9.80 Å². The van der Waals surface area contributed by atoms with E-state index in [1.165, 1.54) is 32.1 Å². The van der Waals surface area contributed by atoms with Gasteiger partial charge in [-0.05, 0) is 112 Å². The van der Waals surface area contributed by atoms with Gasteiger partial charge in [-0.15, -0.1) is 0 Å². The van der Waals surface area contributed by atoms with Crippen LogP contribution in [0.3, 0.4) is 0 Å². The zero-order chi connectivity index (χ0) is 32.9. The van der Waals surface area contributed by atoms with Gasteiger partial charge in [0, 0.05) is 70.1 Å². The van der Waals surface area contributed by atoms with E-state index in [4.69, 9.17) is 11.6 Å². The molecule has 0 spiro atoms. The summed E-state index contributed by atoms with van der Waals surface area (Å²) in [6.07, 6.45) is 8.84. The third-order valence-corrected chi connectivity index (χ3v) is 14.3. The molecule has 12 heteroatoms. The molecule has 2 aromatic rings. The number of hydrogen-bond acceptors (Lipinski definition) is 6. The maximum Gasteiger partial charge on any atom is 0.282 e. The summed E-state index contributed by atoms with van der Waals surface area (Å²) in [5, 5.41) is 0.665. The van der Waals surface area contributed by atoms with Crippen LogP contribution in [0.15, 0.2) is 47.4 Å². The predicted molar refractivity (Wildman–Crippen MR) is 187 cm³/mol. The van der Waals surface area contributed by atoms with Crippen molar-refractivity contribution in [1.29, 1.82) is 0 Å². The lowest BCUT2D eigenvalue weighted by molar-refractivity contribution is 0.177. The number of nitrogens with zero attached hydrogens (tertiary/aromatic N) is 5. The third-order valence-electron chi connectivity index (χ3n) is 10.0. The first kappa shape index (κ1) is 35.6. The van der Waals surface area contributed by atoms with Crippen LogP contribution in [0.2, 0.25) is 5.02 Å². The molecule has 46 heavy (non-hydrogen) atoms. The number of rotatable bonds is 7. The van der Waals surface area contributed by atoms with Crippen molar-refractivity contribution in [3.05, 3.63) is 58.6 Å². The summed E-state index contributed by atoms with van der Waals surface area (Å²) in [4.78, 5) is 4.68. The minimum Gasteiger partial charge on any atom is -0.378 e. The Bertz CT molecular complexity index is 1510. The van der Waals surface area contributed by atoms with Crippen LogP contribution in [-0.4, -0.2) is 101 Å². The van der Waals surface area contributed by atoms with E-state index in [1.54, 1.807) is 25.0 Å². The van der Waals surface area contributed by atoms with E-state index in [-0.39, 0.29) is 17.5 Å². The molecule has 1 saturated heterocycles. The van der Waals surface area contributed by atoms with Gasteiger partial charge in [0.25, 0.3) is 10.2 Å².